The maximum Gasteiger partial charge on any atom is 0.303 e. The second kappa shape index (κ2) is 19.3. The highest BCUT2D eigenvalue weighted by atomic mass is 35.5. The SMILES string of the molecule is CC(=O)Cl.CC(=O)O[C@H](C)c1nnc(C2CC(NC(=O)c3cc(-c4ccccc4)on3)C2)o1.C[C@@H](O)c1nnc(C2CC(NC(=O)c3cc(-c4ccccc4)on3)C2)o1. The van der Waals surface area contributed by atoms with Gasteiger partial charge in [-0.2, -0.15) is 0 Å². The van der Waals surface area contributed by atoms with Gasteiger partial charge < -0.3 is 38.4 Å². The maximum atomic E-state index is 12.4. The number of ether oxygens (including phenoxy) is 1. The second-order valence-electron chi connectivity index (χ2n) is 13.9. The summed E-state index contributed by atoms with van der Waals surface area (Å²) in [4.78, 5) is 44.9. The molecule has 2 atom stereocenters. The van der Waals surface area contributed by atoms with E-state index in [0.29, 0.717) is 49.0 Å². The van der Waals surface area contributed by atoms with Crippen LogP contribution in [-0.2, 0) is 14.3 Å². The van der Waals surface area contributed by atoms with E-state index in [1.165, 1.54) is 13.8 Å². The number of aliphatic hydroxyl groups is 1. The minimum absolute atomic E-state index is 0.00869. The highest BCUT2D eigenvalue weighted by Crippen LogP contribution is 2.38. The van der Waals surface area contributed by atoms with Crippen LogP contribution in [0.2, 0.25) is 0 Å². The molecular formula is C40H41ClN8O10. The van der Waals surface area contributed by atoms with Crippen LogP contribution in [-0.4, -0.2) is 70.9 Å². The summed E-state index contributed by atoms with van der Waals surface area (Å²) < 4.78 is 26.6. The molecule has 0 radical (unpaired) electrons. The molecule has 2 aromatic carbocycles. The molecule has 0 aliphatic heterocycles. The molecule has 4 aromatic heterocycles. The van der Waals surface area contributed by atoms with Gasteiger partial charge in [-0.25, -0.2) is 0 Å². The fourth-order valence-corrected chi connectivity index (χ4v) is 6.09. The fraction of sp³-hybridized carbons (Fsp3) is 0.350. The van der Waals surface area contributed by atoms with Crippen LogP contribution in [0.3, 0.4) is 0 Å². The van der Waals surface area contributed by atoms with Gasteiger partial charge in [-0.3, -0.25) is 19.2 Å². The number of amides is 2. The van der Waals surface area contributed by atoms with Gasteiger partial charge in [0.1, 0.15) is 6.10 Å². The average Bonchev–Trinajstić information content (AvgIpc) is 4.02. The molecule has 18 nitrogen and oxygen atoms in total. The Balaban J connectivity index is 0.000000183. The molecule has 2 aliphatic rings. The standard InChI is InChI=1S/C20H20N4O5.C18H18N4O4.C2H3ClO/c1-11(27-12(2)25)19-22-23-20(28-19)14-8-15(9-14)21-18(26)16-10-17(29-24-16)13-6-4-3-5-7-13;1-10(23)17-20-21-18(25-17)12-7-13(8-12)19-16(24)14-9-15(26-22-14)11-5-3-2-4-6-11;1-2(3)4/h3-7,10-11,14-15H,8-9H2,1-2H3,(H,21,26);2-6,9-10,12-13,23H,7-8H2,1H3,(H,19,24);1H3/t11-,14?,15?;10-,12?,13?;/m11./s1. The molecule has 0 saturated heterocycles. The van der Waals surface area contributed by atoms with E-state index in [0.717, 1.165) is 11.1 Å². The number of benzene rings is 2. The minimum atomic E-state index is -0.780. The van der Waals surface area contributed by atoms with Crippen LogP contribution in [0.1, 0.15) is 122 Å². The third-order valence-electron chi connectivity index (χ3n) is 9.21. The van der Waals surface area contributed by atoms with E-state index in [1.807, 2.05) is 60.7 Å². The van der Waals surface area contributed by atoms with E-state index in [1.54, 1.807) is 26.0 Å². The van der Waals surface area contributed by atoms with Crippen LogP contribution in [0.5, 0.6) is 0 Å². The smallest absolute Gasteiger partial charge is 0.303 e. The zero-order valence-corrected chi connectivity index (χ0v) is 33.2. The zero-order valence-electron chi connectivity index (χ0n) is 32.4. The molecule has 2 fully saturated rings. The van der Waals surface area contributed by atoms with Crippen molar-refractivity contribution in [2.75, 3.05) is 0 Å². The summed E-state index contributed by atoms with van der Waals surface area (Å²) >= 11 is 4.64. The van der Waals surface area contributed by atoms with Gasteiger partial charge in [0.2, 0.25) is 22.9 Å². The van der Waals surface area contributed by atoms with Gasteiger partial charge in [0, 0.05) is 61.0 Å². The molecule has 8 rings (SSSR count). The number of aliphatic hydroxyl groups excluding tert-OH is 1. The summed E-state index contributed by atoms with van der Waals surface area (Å²) in [7, 11) is 0. The van der Waals surface area contributed by atoms with Gasteiger partial charge >= 0.3 is 5.97 Å². The number of carbonyl (C=O) groups is 4. The Hall–Kier alpha value is -6.53. The van der Waals surface area contributed by atoms with Crippen molar-refractivity contribution in [1.82, 2.24) is 41.3 Å². The molecule has 0 bridgehead atoms. The lowest BCUT2D eigenvalue weighted by Gasteiger charge is -2.33. The predicted molar refractivity (Wildman–Crippen MR) is 206 cm³/mol. The maximum absolute atomic E-state index is 12.4. The number of rotatable bonds is 11. The summed E-state index contributed by atoms with van der Waals surface area (Å²) in [5, 5.41) is 38.3. The summed E-state index contributed by atoms with van der Waals surface area (Å²) in [5.41, 5.74) is 2.22. The lowest BCUT2D eigenvalue weighted by Crippen LogP contribution is -2.43. The Kier molecular flexibility index (Phi) is 13.8. The first-order chi connectivity index (χ1) is 28.3. The van der Waals surface area contributed by atoms with Crippen molar-refractivity contribution in [2.24, 2.45) is 0 Å². The summed E-state index contributed by atoms with van der Waals surface area (Å²) in [6.07, 6.45) is 1.40. The molecule has 19 heteroatoms. The lowest BCUT2D eigenvalue weighted by molar-refractivity contribution is -0.146. The van der Waals surface area contributed by atoms with Crippen molar-refractivity contribution in [3.63, 3.8) is 0 Å². The van der Waals surface area contributed by atoms with Crippen LogP contribution >= 0.6 is 11.6 Å². The fourth-order valence-electron chi connectivity index (χ4n) is 6.09. The largest absolute Gasteiger partial charge is 0.453 e. The second-order valence-corrected chi connectivity index (χ2v) is 14.4. The Morgan fingerprint density at radius 1 is 0.695 bits per heavy atom. The van der Waals surface area contributed by atoms with Gasteiger partial charge in [0.05, 0.1) is 0 Å². The van der Waals surface area contributed by atoms with E-state index in [2.05, 4.69) is 52.9 Å². The first-order valence-corrected chi connectivity index (χ1v) is 19.0. The van der Waals surface area contributed by atoms with E-state index < -0.39 is 18.2 Å². The average molecular weight is 829 g/mol. The highest BCUT2D eigenvalue weighted by molar-refractivity contribution is 6.62. The molecular weight excluding hydrogens is 788 g/mol. The molecule has 2 saturated carbocycles. The van der Waals surface area contributed by atoms with Crippen molar-refractivity contribution < 1.29 is 46.9 Å². The number of nitrogens with one attached hydrogen (secondary N) is 2. The number of esters is 1. The number of halogens is 1. The van der Waals surface area contributed by atoms with Crippen molar-refractivity contribution in [2.45, 2.75) is 89.5 Å². The van der Waals surface area contributed by atoms with Gasteiger partial charge in [-0.15, -0.1) is 20.4 Å². The first kappa shape index (κ1) is 42.1. The highest BCUT2D eigenvalue weighted by Gasteiger charge is 2.37. The number of hydrogen-bond donors (Lipinski definition) is 3. The Morgan fingerprint density at radius 2 is 1.10 bits per heavy atom. The predicted octanol–water partition coefficient (Wildman–Crippen LogP) is 6.25. The summed E-state index contributed by atoms with van der Waals surface area (Å²) in [6, 6.07) is 22.2. The van der Waals surface area contributed by atoms with Crippen LogP contribution in [0.25, 0.3) is 22.6 Å². The van der Waals surface area contributed by atoms with Crippen LogP contribution in [0.4, 0.5) is 0 Å². The van der Waals surface area contributed by atoms with Gasteiger partial charge in [0.25, 0.3) is 17.7 Å². The molecule has 0 unspecified atom stereocenters. The topological polar surface area (TPSA) is 252 Å². The monoisotopic (exact) mass is 828 g/mol. The Labute approximate surface area is 342 Å². The van der Waals surface area contributed by atoms with E-state index in [4.69, 9.17) is 22.6 Å². The molecule has 59 heavy (non-hydrogen) atoms. The number of aromatic nitrogens is 6. The molecule has 3 N–H and O–H groups in total. The van der Waals surface area contributed by atoms with Crippen molar-refractivity contribution in [3.05, 3.63) is 108 Å². The first-order valence-electron chi connectivity index (χ1n) is 18.7. The molecule has 4 heterocycles. The molecule has 6 aromatic rings. The molecule has 2 aliphatic carbocycles. The minimum Gasteiger partial charge on any atom is -0.453 e. The molecule has 0 spiro atoms. The normalized spacial score (nSPS) is 18.9. The Bertz CT molecular complexity index is 2330. The van der Waals surface area contributed by atoms with Gasteiger partial charge in [0.15, 0.2) is 29.0 Å². The Morgan fingerprint density at radius 3 is 1.49 bits per heavy atom. The van der Waals surface area contributed by atoms with Crippen molar-refractivity contribution >= 4 is 34.6 Å². The van der Waals surface area contributed by atoms with Crippen molar-refractivity contribution in [1.29, 1.82) is 0 Å². The zero-order chi connectivity index (χ0) is 42.1. The number of carbonyl (C=O) groups excluding carboxylic acids is 4. The quantitative estimate of drug-likeness (QED) is 0.0964. The number of nitrogens with zero attached hydrogens (tertiary/aromatic N) is 6. The van der Waals surface area contributed by atoms with Gasteiger partial charge in [-0.05, 0) is 51.1 Å². The lowest BCUT2D eigenvalue weighted by atomic mass is 9.80. The molecule has 308 valence electrons. The van der Waals surface area contributed by atoms with E-state index >= 15 is 0 Å². The third kappa shape index (κ3) is 11.3. The van der Waals surface area contributed by atoms with Crippen LogP contribution in [0, 0.1) is 0 Å². The van der Waals surface area contributed by atoms with Crippen LogP contribution < -0.4 is 10.6 Å². The summed E-state index contributed by atoms with van der Waals surface area (Å²) in [5.74, 6) is 1.75. The summed E-state index contributed by atoms with van der Waals surface area (Å²) in [6.45, 7) is 5.86. The third-order valence-corrected chi connectivity index (χ3v) is 9.21. The van der Waals surface area contributed by atoms with Crippen molar-refractivity contribution in [3.8, 4) is 22.6 Å². The van der Waals surface area contributed by atoms with E-state index in [-0.39, 0.29) is 64.1 Å². The number of hydrogen-bond acceptors (Lipinski definition) is 16. The molecule has 2 amide bonds. The van der Waals surface area contributed by atoms with E-state index in [9.17, 15) is 24.3 Å². The van der Waals surface area contributed by atoms with Crippen LogP contribution in [0.15, 0.2) is 90.7 Å². The van der Waals surface area contributed by atoms with Gasteiger partial charge in [-0.1, -0.05) is 71.0 Å².